The molecular formula is C31H39NO7. The molecule has 1 heterocycles. The van der Waals surface area contributed by atoms with E-state index < -0.39 is 23.8 Å². The minimum Gasteiger partial charge on any atom is -0.460 e. The zero-order valence-corrected chi connectivity index (χ0v) is 23.0. The second-order valence-electron chi connectivity index (χ2n) is 11.3. The van der Waals surface area contributed by atoms with E-state index in [1.807, 2.05) is 57.2 Å². The maximum Gasteiger partial charge on any atom is 0.410 e. The van der Waals surface area contributed by atoms with Crippen molar-refractivity contribution in [2.24, 2.45) is 5.92 Å². The van der Waals surface area contributed by atoms with Crippen molar-refractivity contribution in [3.05, 3.63) is 71.8 Å². The molecule has 1 aliphatic heterocycles. The molecule has 1 aliphatic carbocycles. The second kappa shape index (κ2) is 13.1. The van der Waals surface area contributed by atoms with Gasteiger partial charge in [0.15, 0.2) is 0 Å². The van der Waals surface area contributed by atoms with Gasteiger partial charge in [-0.05, 0) is 64.2 Å². The lowest BCUT2D eigenvalue weighted by molar-refractivity contribution is -0.162. The van der Waals surface area contributed by atoms with Gasteiger partial charge >= 0.3 is 18.0 Å². The van der Waals surface area contributed by atoms with Crippen molar-refractivity contribution < 1.29 is 33.3 Å². The van der Waals surface area contributed by atoms with Crippen molar-refractivity contribution in [1.82, 2.24) is 4.90 Å². The molecule has 2 aromatic rings. The molecule has 2 atom stereocenters. The van der Waals surface area contributed by atoms with E-state index >= 15 is 0 Å². The van der Waals surface area contributed by atoms with Crippen molar-refractivity contribution in [3.63, 3.8) is 0 Å². The summed E-state index contributed by atoms with van der Waals surface area (Å²) < 4.78 is 23.1. The van der Waals surface area contributed by atoms with E-state index in [-0.39, 0.29) is 37.2 Å². The Hall–Kier alpha value is -3.39. The topological polar surface area (TPSA) is 91.4 Å². The molecule has 8 nitrogen and oxygen atoms in total. The van der Waals surface area contributed by atoms with Gasteiger partial charge in [-0.2, -0.15) is 0 Å². The fourth-order valence-electron chi connectivity index (χ4n) is 5.03. The molecule has 4 rings (SSSR count). The van der Waals surface area contributed by atoms with Crippen LogP contribution in [-0.4, -0.2) is 59.9 Å². The molecular weight excluding hydrogens is 498 g/mol. The molecule has 0 spiro atoms. The minimum absolute atomic E-state index is 0.00297. The van der Waals surface area contributed by atoms with Crippen LogP contribution in [0.1, 0.15) is 68.8 Å². The zero-order chi connectivity index (χ0) is 27.8. The van der Waals surface area contributed by atoms with Crippen molar-refractivity contribution >= 4 is 18.0 Å². The molecule has 2 aliphatic rings. The van der Waals surface area contributed by atoms with Crippen LogP contribution in [0.4, 0.5) is 4.79 Å². The molecule has 0 unspecified atom stereocenters. The van der Waals surface area contributed by atoms with Gasteiger partial charge in [0.05, 0.1) is 36.8 Å². The molecule has 2 fully saturated rings. The Kier molecular flexibility index (Phi) is 9.62. The number of amides is 1. The SMILES string of the molecule is CC(C)(C)OC(=O)C1CCC(OC[C@@H]2C[C@H](OC(=O)c3ccccc3)CN2C(=O)OCc2ccccc2)CC1. The largest absolute Gasteiger partial charge is 0.460 e. The first-order valence-corrected chi connectivity index (χ1v) is 13.8. The van der Waals surface area contributed by atoms with E-state index in [1.165, 1.54) is 0 Å². The van der Waals surface area contributed by atoms with E-state index in [2.05, 4.69) is 0 Å². The maximum absolute atomic E-state index is 13.1. The monoisotopic (exact) mass is 537 g/mol. The lowest BCUT2D eigenvalue weighted by Gasteiger charge is -2.31. The van der Waals surface area contributed by atoms with Crippen molar-refractivity contribution in [3.8, 4) is 0 Å². The number of hydrogen-bond donors (Lipinski definition) is 0. The summed E-state index contributed by atoms with van der Waals surface area (Å²) in [6, 6.07) is 18.0. The minimum atomic E-state index is -0.494. The quantitative estimate of drug-likeness (QED) is 0.323. The molecule has 0 aromatic heterocycles. The summed E-state index contributed by atoms with van der Waals surface area (Å²) in [5.41, 5.74) is 0.871. The normalized spacial score (nSPS) is 23.2. The molecule has 8 heteroatoms. The van der Waals surface area contributed by atoms with Gasteiger partial charge in [-0.3, -0.25) is 9.69 Å². The zero-order valence-electron chi connectivity index (χ0n) is 23.0. The van der Waals surface area contributed by atoms with E-state index in [9.17, 15) is 14.4 Å². The third-order valence-corrected chi connectivity index (χ3v) is 7.04. The second-order valence-corrected chi connectivity index (χ2v) is 11.3. The molecule has 1 saturated carbocycles. The van der Waals surface area contributed by atoms with Crippen LogP contribution in [0, 0.1) is 5.92 Å². The summed E-state index contributed by atoms with van der Waals surface area (Å²) in [7, 11) is 0. The lowest BCUT2D eigenvalue weighted by Crippen LogP contribution is -2.40. The predicted molar refractivity (Wildman–Crippen MR) is 145 cm³/mol. The third-order valence-electron chi connectivity index (χ3n) is 7.04. The van der Waals surface area contributed by atoms with Crippen LogP contribution in [0.3, 0.4) is 0 Å². The first-order chi connectivity index (χ1) is 18.7. The summed E-state index contributed by atoms with van der Waals surface area (Å²) >= 11 is 0. The van der Waals surface area contributed by atoms with Crippen LogP contribution in [0.5, 0.6) is 0 Å². The molecule has 0 N–H and O–H groups in total. The third kappa shape index (κ3) is 8.55. The Morgan fingerprint density at radius 1 is 0.872 bits per heavy atom. The van der Waals surface area contributed by atoms with Crippen LogP contribution in [0.2, 0.25) is 0 Å². The van der Waals surface area contributed by atoms with Crippen LogP contribution in [0.15, 0.2) is 60.7 Å². The standard InChI is InChI=1S/C31H39NO7/c1-31(2,3)39-29(34)24-14-16-26(17-15-24)36-21-25-18-27(38-28(33)23-12-8-5-9-13-23)19-32(25)30(35)37-20-22-10-6-4-7-11-22/h4-13,24-27H,14-21H2,1-3H3/t24?,25-,26?,27-/m0/s1. The Balaban J connectivity index is 1.32. The summed E-state index contributed by atoms with van der Waals surface area (Å²) in [5.74, 6) is -0.672. The molecule has 1 saturated heterocycles. The van der Waals surface area contributed by atoms with Gasteiger partial charge < -0.3 is 18.9 Å². The fourth-order valence-corrected chi connectivity index (χ4v) is 5.03. The van der Waals surface area contributed by atoms with Gasteiger partial charge in [0.2, 0.25) is 0 Å². The fraction of sp³-hybridized carbons (Fsp3) is 0.516. The number of benzene rings is 2. The Morgan fingerprint density at radius 2 is 1.51 bits per heavy atom. The number of nitrogens with zero attached hydrogens (tertiary/aromatic N) is 1. The summed E-state index contributed by atoms with van der Waals surface area (Å²) in [6.45, 7) is 6.34. The first kappa shape index (κ1) is 28.6. The smallest absolute Gasteiger partial charge is 0.410 e. The molecule has 0 bridgehead atoms. The number of carbonyl (C=O) groups excluding carboxylic acids is 3. The number of esters is 2. The number of likely N-dealkylation sites (tertiary alicyclic amines) is 1. The van der Waals surface area contributed by atoms with Crippen molar-refractivity contribution in [2.45, 2.75) is 83.3 Å². The van der Waals surface area contributed by atoms with E-state index in [1.54, 1.807) is 29.2 Å². The molecule has 1 amide bonds. The first-order valence-electron chi connectivity index (χ1n) is 13.8. The number of ether oxygens (including phenoxy) is 4. The Morgan fingerprint density at radius 3 is 2.15 bits per heavy atom. The van der Waals surface area contributed by atoms with E-state index in [0.717, 1.165) is 18.4 Å². The highest BCUT2D eigenvalue weighted by atomic mass is 16.6. The molecule has 0 radical (unpaired) electrons. The number of carbonyl (C=O) groups is 3. The van der Waals surface area contributed by atoms with Gasteiger partial charge in [-0.1, -0.05) is 48.5 Å². The van der Waals surface area contributed by atoms with Gasteiger partial charge in [0.25, 0.3) is 0 Å². The van der Waals surface area contributed by atoms with Crippen LogP contribution in [0.25, 0.3) is 0 Å². The predicted octanol–water partition coefficient (Wildman–Crippen LogP) is 5.54. The molecule has 210 valence electrons. The molecule has 2 aromatic carbocycles. The van der Waals surface area contributed by atoms with Crippen LogP contribution < -0.4 is 0 Å². The highest BCUT2D eigenvalue weighted by Gasteiger charge is 2.39. The Labute approximate surface area is 230 Å². The number of rotatable bonds is 8. The summed E-state index contributed by atoms with van der Waals surface area (Å²) in [5, 5.41) is 0. The van der Waals surface area contributed by atoms with Gasteiger partial charge in [-0.25, -0.2) is 9.59 Å². The van der Waals surface area contributed by atoms with Crippen LogP contribution >= 0.6 is 0 Å². The maximum atomic E-state index is 13.1. The highest BCUT2D eigenvalue weighted by molar-refractivity contribution is 5.89. The summed E-state index contributed by atoms with van der Waals surface area (Å²) in [6.07, 6.45) is 2.47. The number of hydrogen-bond acceptors (Lipinski definition) is 7. The van der Waals surface area contributed by atoms with E-state index in [0.29, 0.717) is 31.4 Å². The average molecular weight is 538 g/mol. The summed E-state index contributed by atoms with van der Waals surface area (Å²) in [4.78, 5) is 39.8. The van der Waals surface area contributed by atoms with Gasteiger partial charge in [0, 0.05) is 6.42 Å². The van der Waals surface area contributed by atoms with Gasteiger partial charge in [0.1, 0.15) is 18.3 Å². The van der Waals surface area contributed by atoms with Crippen molar-refractivity contribution in [1.29, 1.82) is 0 Å². The molecule has 39 heavy (non-hydrogen) atoms. The van der Waals surface area contributed by atoms with Crippen LogP contribution in [-0.2, 0) is 30.3 Å². The lowest BCUT2D eigenvalue weighted by atomic mass is 9.87. The Bertz CT molecular complexity index is 1090. The highest BCUT2D eigenvalue weighted by Crippen LogP contribution is 2.30. The average Bonchev–Trinajstić information content (AvgIpc) is 3.33. The van der Waals surface area contributed by atoms with Gasteiger partial charge in [-0.15, -0.1) is 0 Å². The van der Waals surface area contributed by atoms with E-state index in [4.69, 9.17) is 18.9 Å². The van der Waals surface area contributed by atoms with Crippen molar-refractivity contribution in [2.75, 3.05) is 13.2 Å².